The molecule has 7 nitrogen and oxygen atoms in total. The highest BCUT2D eigenvalue weighted by atomic mass is 35.5. The van der Waals surface area contributed by atoms with Crippen molar-refractivity contribution in [3.63, 3.8) is 0 Å². The Kier molecular flexibility index (Phi) is 6.58. The number of halogens is 2. The average Bonchev–Trinajstić information content (AvgIpc) is 2.80. The van der Waals surface area contributed by atoms with E-state index in [2.05, 4.69) is 15.3 Å². The molecular formula is C23H21Cl2N5O2. The van der Waals surface area contributed by atoms with Gasteiger partial charge in [-0.15, -0.1) is 0 Å². The first kappa shape index (κ1) is 22.0. The minimum Gasteiger partial charge on any atom is -0.352 e. The maximum atomic E-state index is 13.3. The average molecular weight is 470 g/mol. The van der Waals surface area contributed by atoms with Gasteiger partial charge in [0.15, 0.2) is 0 Å². The van der Waals surface area contributed by atoms with Crippen LogP contribution in [0.5, 0.6) is 0 Å². The highest BCUT2D eigenvalue weighted by Gasteiger charge is 2.26. The molecule has 164 valence electrons. The number of pyridine rings is 2. The van der Waals surface area contributed by atoms with Crippen LogP contribution in [0.15, 0.2) is 55.0 Å². The predicted octanol–water partition coefficient (Wildman–Crippen LogP) is 4.31. The van der Waals surface area contributed by atoms with Crippen LogP contribution in [0.2, 0.25) is 10.0 Å². The van der Waals surface area contributed by atoms with Gasteiger partial charge in [0.1, 0.15) is 5.82 Å². The number of nitrogens with one attached hydrogen (secondary N) is 1. The third-order valence-electron chi connectivity index (χ3n) is 5.34. The summed E-state index contributed by atoms with van der Waals surface area (Å²) in [6.07, 6.45) is 4.67. The summed E-state index contributed by atoms with van der Waals surface area (Å²) in [5.41, 5.74) is 2.27. The van der Waals surface area contributed by atoms with Crippen molar-refractivity contribution in [2.24, 2.45) is 0 Å². The molecule has 4 rings (SSSR count). The fourth-order valence-electron chi connectivity index (χ4n) is 3.63. The second-order valence-electron chi connectivity index (χ2n) is 7.43. The van der Waals surface area contributed by atoms with Crippen molar-refractivity contribution in [1.82, 2.24) is 14.9 Å². The van der Waals surface area contributed by atoms with E-state index in [-0.39, 0.29) is 11.8 Å². The smallest absolute Gasteiger partial charge is 0.256 e. The number of carbonyl (C=O) groups excluding carboxylic acids is 2. The van der Waals surface area contributed by atoms with Gasteiger partial charge >= 0.3 is 0 Å². The largest absolute Gasteiger partial charge is 0.352 e. The van der Waals surface area contributed by atoms with E-state index in [0.29, 0.717) is 58.9 Å². The Hall–Kier alpha value is -3.16. The van der Waals surface area contributed by atoms with Crippen molar-refractivity contribution in [3.8, 4) is 0 Å². The first-order chi connectivity index (χ1) is 15.4. The molecule has 0 saturated carbocycles. The van der Waals surface area contributed by atoms with E-state index < -0.39 is 0 Å². The van der Waals surface area contributed by atoms with Gasteiger partial charge in [-0.25, -0.2) is 4.98 Å². The molecule has 1 aliphatic rings. The van der Waals surface area contributed by atoms with Gasteiger partial charge < -0.3 is 15.1 Å². The van der Waals surface area contributed by atoms with E-state index >= 15 is 0 Å². The molecule has 0 bridgehead atoms. The molecule has 0 unspecified atom stereocenters. The summed E-state index contributed by atoms with van der Waals surface area (Å²) in [6, 6.07) is 10.3. The maximum absolute atomic E-state index is 13.3. The van der Waals surface area contributed by atoms with Crippen LogP contribution < -0.4 is 10.2 Å². The molecule has 1 saturated heterocycles. The number of amides is 2. The molecule has 1 aliphatic heterocycles. The number of para-hydroxylation sites is 1. The summed E-state index contributed by atoms with van der Waals surface area (Å²) >= 11 is 12.2. The molecule has 32 heavy (non-hydrogen) atoms. The summed E-state index contributed by atoms with van der Waals surface area (Å²) in [4.78, 5) is 38.1. The van der Waals surface area contributed by atoms with Crippen molar-refractivity contribution in [2.45, 2.75) is 6.92 Å². The maximum Gasteiger partial charge on any atom is 0.256 e. The molecule has 1 aromatic carbocycles. The molecule has 0 atom stereocenters. The lowest BCUT2D eigenvalue weighted by molar-refractivity contribution is 0.0747. The second-order valence-corrected chi connectivity index (χ2v) is 8.27. The van der Waals surface area contributed by atoms with Gasteiger partial charge in [-0.05, 0) is 36.8 Å². The van der Waals surface area contributed by atoms with Crippen molar-refractivity contribution in [1.29, 1.82) is 0 Å². The molecule has 1 fully saturated rings. The standard InChI is InChI=1S/C23H21Cl2N5O2/c1-15-3-2-4-18(20(15)28-22(31)16-5-7-26-8-6-16)23(32)30-11-9-29(10-12-30)21-19(25)13-17(24)14-27-21/h2-8,13-14H,9-12H2,1H3,(H,28,31). The van der Waals surface area contributed by atoms with Crippen LogP contribution in [0.25, 0.3) is 0 Å². The normalized spacial score (nSPS) is 13.7. The third kappa shape index (κ3) is 4.69. The van der Waals surface area contributed by atoms with Gasteiger partial charge in [0.25, 0.3) is 11.8 Å². The lowest BCUT2D eigenvalue weighted by Gasteiger charge is -2.36. The second kappa shape index (κ2) is 9.54. The Bertz CT molecular complexity index is 1150. The summed E-state index contributed by atoms with van der Waals surface area (Å²) in [5.74, 6) is 0.238. The summed E-state index contributed by atoms with van der Waals surface area (Å²) in [7, 11) is 0. The Morgan fingerprint density at radius 3 is 2.44 bits per heavy atom. The SMILES string of the molecule is Cc1cccc(C(=O)N2CCN(c3ncc(Cl)cc3Cl)CC2)c1NC(=O)c1ccncc1. The summed E-state index contributed by atoms with van der Waals surface area (Å²) in [5, 5.41) is 3.86. The molecule has 2 aromatic heterocycles. The van der Waals surface area contributed by atoms with E-state index in [9.17, 15) is 9.59 Å². The number of nitrogens with zero attached hydrogens (tertiary/aromatic N) is 4. The van der Waals surface area contributed by atoms with Crippen LogP contribution in [-0.2, 0) is 0 Å². The van der Waals surface area contributed by atoms with Crippen LogP contribution in [0.3, 0.4) is 0 Å². The molecule has 9 heteroatoms. The quantitative estimate of drug-likeness (QED) is 0.615. The minimum atomic E-state index is -0.288. The fraction of sp³-hybridized carbons (Fsp3) is 0.217. The lowest BCUT2D eigenvalue weighted by atomic mass is 10.1. The van der Waals surface area contributed by atoms with Gasteiger partial charge in [0, 0.05) is 50.3 Å². The Labute approximate surface area is 196 Å². The van der Waals surface area contributed by atoms with Crippen LogP contribution in [-0.4, -0.2) is 52.9 Å². The number of benzene rings is 1. The highest BCUT2D eigenvalue weighted by Crippen LogP contribution is 2.28. The van der Waals surface area contributed by atoms with E-state index in [4.69, 9.17) is 23.2 Å². The van der Waals surface area contributed by atoms with Crippen molar-refractivity contribution >= 4 is 46.5 Å². The van der Waals surface area contributed by atoms with Crippen molar-refractivity contribution in [3.05, 3.63) is 81.7 Å². The highest BCUT2D eigenvalue weighted by molar-refractivity contribution is 6.36. The van der Waals surface area contributed by atoms with Crippen LogP contribution in [0, 0.1) is 6.92 Å². The summed E-state index contributed by atoms with van der Waals surface area (Å²) < 4.78 is 0. The zero-order valence-corrected chi connectivity index (χ0v) is 18.9. The molecule has 3 heterocycles. The van der Waals surface area contributed by atoms with Crippen molar-refractivity contribution in [2.75, 3.05) is 36.4 Å². The zero-order chi connectivity index (χ0) is 22.7. The van der Waals surface area contributed by atoms with Crippen LogP contribution in [0.4, 0.5) is 11.5 Å². The molecule has 1 N–H and O–H groups in total. The molecule has 2 amide bonds. The van der Waals surface area contributed by atoms with Crippen LogP contribution in [0.1, 0.15) is 26.3 Å². The molecule has 0 aliphatic carbocycles. The Balaban J connectivity index is 1.49. The van der Waals surface area contributed by atoms with Gasteiger partial charge in [-0.3, -0.25) is 14.6 Å². The van der Waals surface area contributed by atoms with E-state index in [1.807, 2.05) is 24.0 Å². The van der Waals surface area contributed by atoms with Gasteiger partial charge in [0.05, 0.1) is 21.3 Å². The predicted molar refractivity (Wildman–Crippen MR) is 126 cm³/mol. The molecule has 3 aromatic rings. The van der Waals surface area contributed by atoms with Crippen molar-refractivity contribution < 1.29 is 9.59 Å². The number of aryl methyl sites for hydroxylation is 1. The number of hydrogen-bond donors (Lipinski definition) is 1. The first-order valence-corrected chi connectivity index (χ1v) is 10.9. The van der Waals surface area contributed by atoms with Crippen LogP contribution >= 0.6 is 23.2 Å². The number of rotatable bonds is 4. The molecule has 0 radical (unpaired) electrons. The topological polar surface area (TPSA) is 78.4 Å². The number of piperazine rings is 1. The number of carbonyl (C=O) groups is 2. The Morgan fingerprint density at radius 1 is 1.03 bits per heavy atom. The third-order valence-corrected chi connectivity index (χ3v) is 5.82. The van der Waals surface area contributed by atoms with E-state index in [1.165, 1.54) is 0 Å². The summed E-state index contributed by atoms with van der Waals surface area (Å²) in [6.45, 7) is 4.05. The van der Waals surface area contributed by atoms with Gasteiger partial charge in [0.2, 0.25) is 0 Å². The minimum absolute atomic E-state index is 0.131. The molecule has 0 spiro atoms. The Morgan fingerprint density at radius 2 is 1.75 bits per heavy atom. The zero-order valence-electron chi connectivity index (χ0n) is 17.4. The van der Waals surface area contributed by atoms with Gasteiger partial charge in [-0.2, -0.15) is 0 Å². The monoisotopic (exact) mass is 469 g/mol. The van der Waals surface area contributed by atoms with E-state index in [0.717, 1.165) is 5.56 Å². The van der Waals surface area contributed by atoms with E-state index in [1.54, 1.807) is 47.8 Å². The fourth-order valence-corrected chi connectivity index (χ4v) is 4.13. The number of aromatic nitrogens is 2. The van der Waals surface area contributed by atoms with Gasteiger partial charge in [-0.1, -0.05) is 35.3 Å². The number of hydrogen-bond acceptors (Lipinski definition) is 5. The molecular weight excluding hydrogens is 449 g/mol. The first-order valence-electron chi connectivity index (χ1n) is 10.1. The number of anilines is 2. The lowest BCUT2D eigenvalue weighted by Crippen LogP contribution is -2.49.